The molecule has 0 unspecified atom stereocenters. The van der Waals surface area contributed by atoms with Crippen molar-refractivity contribution in [2.24, 2.45) is 0 Å². The molecule has 0 aromatic heterocycles. The number of anilines is 1. The van der Waals surface area contributed by atoms with Crippen LogP contribution in [0.4, 0.5) is 5.69 Å². The molecule has 0 aliphatic heterocycles. The van der Waals surface area contributed by atoms with E-state index < -0.39 is 10.0 Å². The second-order valence-corrected chi connectivity index (χ2v) is 10.3. The standard InChI is InChI=1S/C27H30N2O4S/c1-3-33-23-15-17-24(18-16-23)34(31,32)29(22-13-11-20(2)12-14-22)19-27(30)28-26-10-6-8-21-7-4-5-9-25(21)26/h4-5,7,9,11-18,26H,3,6,8,10,19H2,1-2H3,(H,28,30)/t26-/m0/s1. The first kappa shape index (κ1) is 23.8. The molecule has 1 amide bonds. The van der Waals surface area contributed by atoms with Crippen molar-refractivity contribution in [2.45, 2.75) is 44.0 Å². The first-order valence-electron chi connectivity index (χ1n) is 11.6. The van der Waals surface area contributed by atoms with E-state index in [1.54, 1.807) is 24.3 Å². The van der Waals surface area contributed by atoms with Crippen molar-refractivity contribution in [2.75, 3.05) is 17.5 Å². The minimum Gasteiger partial charge on any atom is -0.494 e. The predicted octanol–water partition coefficient (Wildman–Crippen LogP) is 4.78. The molecule has 1 atom stereocenters. The Morgan fingerprint density at radius 1 is 1.03 bits per heavy atom. The third-order valence-electron chi connectivity index (χ3n) is 6.04. The van der Waals surface area contributed by atoms with Crippen LogP contribution in [0.25, 0.3) is 0 Å². The number of hydrogen-bond donors (Lipinski definition) is 1. The summed E-state index contributed by atoms with van der Waals surface area (Å²) in [5, 5.41) is 3.07. The third-order valence-corrected chi connectivity index (χ3v) is 7.82. The fourth-order valence-corrected chi connectivity index (χ4v) is 5.72. The van der Waals surface area contributed by atoms with E-state index >= 15 is 0 Å². The maximum Gasteiger partial charge on any atom is 0.264 e. The highest BCUT2D eigenvalue weighted by Crippen LogP contribution is 2.30. The van der Waals surface area contributed by atoms with Crippen LogP contribution in [0.3, 0.4) is 0 Å². The summed E-state index contributed by atoms with van der Waals surface area (Å²) in [4.78, 5) is 13.3. The van der Waals surface area contributed by atoms with Crippen molar-refractivity contribution in [3.63, 3.8) is 0 Å². The second kappa shape index (κ2) is 10.3. The summed E-state index contributed by atoms with van der Waals surface area (Å²) < 4.78 is 33.8. The van der Waals surface area contributed by atoms with Gasteiger partial charge in [-0.25, -0.2) is 8.42 Å². The first-order valence-corrected chi connectivity index (χ1v) is 13.0. The van der Waals surface area contributed by atoms with Gasteiger partial charge in [-0.3, -0.25) is 9.10 Å². The molecule has 3 aromatic carbocycles. The van der Waals surface area contributed by atoms with Crippen LogP contribution in [-0.4, -0.2) is 27.5 Å². The summed E-state index contributed by atoms with van der Waals surface area (Å²) in [7, 11) is -3.98. The number of aryl methyl sites for hydroxylation is 2. The van der Waals surface area contributed by atoms with Crippen LogP contribution in [0.1, 0.15) is 42.5 Å². The average molecular weight is 479 g/mol. The lowest BCUT2D eigenvalue weighted by atomic mass is 9.88. The molecule has 3 aromatic rings. The van der Waals surface area contributed by atoms with Gasteiger partial charge in [-0.1, -0.05) is 42.0 Å². The van der Waals surface area contributed by atoms with Crippen molar-refractivity contribution >= 4 is 21.6 Å². The molecule has 0 bridgehead atoms. The number of nitrogens with one attached hydrogen (secondary N) is 1. The Morgan fingerprint density at radius 2 is 1.74 bits per heavy atom. The van der Waals surface area contributed by atoms with E-state index in [9.17, 15) is 13.2 Å². The van der Waals surface area contributed by atoms with Gasteiger partial charge in [0.2, 0.25) is 5.91 Å². The van der Waals surface area contributed by atoms with Gasteiger partial charge in [0.15, 0.2) is 0 Å². The first-order chi connectivity index (χ1) is 16.4. The Hall–Kier alpha value is -3.32. The zero-order valence-electron chi connectivity index (χ0n) is 19.5. The zero-order chi connectivity index (χ0) is 24.1. The highest BCUT2D eigenvalue weighted by atomic mass is 32.2. The van der Waals surface area contributed by atoms with Crippen LogP contribution in [0.2, 0.25) is 0 Å². The average Bonchev–Trinajstić information content (AvgIpc) is 2.84. The number of nitrogens with zero attached hydrogens (tertiary/aromatic N) is 1. The van der Waals surface area contributed by atoms with E-state index in [0.29, 0.717) is 18.0 Å². The molecule has 0 heterocycles. The lowest BCUT2D eigenvalue weighted by molar-refractivity contribution is -0.120. The summed E-state index contributed by atoms with van der Waals surface area (Å²) in [5.74, 6) is 0.258. The molecule has 1 aliphatic rings. The third kappa shape index (κ3) is 5.25. The lowest BCUT2D eigenvalue weighted by Gasteiger charge is -2.29. The Kier molecular flexibility index (Phi) is 7.22. The van der Waals surface area contributed by atoms with Gasteiger partial charge in [0, 0.05) is 0 Å². The van der Waals surface area contributed by atoms with E-state index in [1.807, 2.05) is 44.2 Å². The Balaban J connectivity index is 1.60. The molecule has 0 saturated heterocycles. The molecule has 0 radical (unpaired) electrons. The summed E-state index contributed by atoms with van der Waals surface area (Å²) in [6.07, 6.45) is 2.80. The summed E-state index contributed by atoms with van der Waals surface area (Å²) in [5.41, 5.74) is 3.79. The van der Waals surface area contributed by atoms with Crippen LogP contribution in [0.5, 0.6) is 5.75 Å². The van der Waals surface area contributed by atoms with Gasteiger partial charge in [0.25, 0.3) is 10.0 Å². The smallest absolute Gasteiger partial charge is 0.264 e. The molecule has 0 saturated carbocycles. The largest absolute Gasteiger partial charge is 0.494 e. The Morgan fingerprint density at radius 3 is 2.44 bits per heavy atom. The normalized spacial score (nSPS) is 15.3. The van der Waals surface area contributed by atoms with Crippen LogP contribution in [-0.2, 0) is 21.2 Å². The van der Waals surface area contributed by atoms with Crippen LogP contribution in [0.15, 0.2) is 77.7 Å². The summed E-state index contributed by atoms with van der Waals surface area (Å²) in [6, 6.07) is 21.4. The highest BCUT2D eigenvalue weighted by Gasteiger charge is 2.29. The molecular formula is C27H30N2O4S. The van der Waals surface area contributed by atoms with Gasteiger partial charge in [-0.05, 0) is 80.6 Å². The molecule has 1 aliphatic carbocycles. The van der Waals surface area contributed by atoms with Crippen LogP contribution < -0.4 is 14.4 Å². The number of sulfonamides is 1. The number of benzene rings is 3. The zero-order valence-corrected chi connectivity index (χ0v) is 20.3. The van der Waals surface area contributed by atoms with Crippen molar-refractivity contribution in [1.82, 2.24) is 5.32 Å². The van der Waals surface area contributed by atoms with Crippen molar-refractivity contribution in [1.29, 1.82) is 0 Å². The van der Waals surface area contributed by atoms with Crippen molar-refractivity contribution in [3.05, 3.63) is 89.5 Å². The molecule has 0 fully saturated rings. The quantitative estimate of drug-likeness (QED) is 0.505. The number of hydrogen-bond acceptors (Lipinski definition) is 4. The molecule has 34 heavy (non-hydrogen) atoms. The van der Waals surface area contributed by atoms with Crippen molar-refractivity contribution < 1.29 is 17.9 Å². The fraction of sp³-hybridized carbons (Fsp3) is 0.296. The van der Waals surface area contributed by atoms with Crippen LogP contribution >= 0.6 is 0 Å². The predicted molar refractivity (Wildman–Crippen MR) is 134 cm³/mol. The number of ether oxygens (including phenoxy) is 1. The molecule has 7 heteroatoms. The van der Waals surface area contributed by atoms with Gasteiger partial charge >= 0.3 is 0 Å². The minimum atomic E-state index is -3.98. The van der Waals surface area contributed by atoms with Gasteiger partial charge in [0.05, 0.1) is 23.2 Å². The summed E-state index contributed by atoms with van der Waals surface area (Å²) >= 11 is 0. The maximum absolute atomic E-state index is 13.6. The topological polar surface area (TPSA) is 75.7 Å². The molecule has 0 spiro atoms. The van der Waals surface area contributed by atoms with E-state index in [-0.39, 0.29) is 23.4 Å². The van der Waals surface area contributed by atoms with E-state index in [2.05, 4.69) is 11.4 Å². The number of amides is 1. The number of fused-ring (bicyclic) bond motifs is 1. The van der Waals surface area contributed by atoms with E-state index in [1.165, 1.54) is 22.0 Å². The summed E-state index contributed by atoms with van der Waals surface area (Å²) in [6.45, 7) is 3.98. The van der Waals surface area contributed by atoms with Gasteiger partial charge < -0.3 is 10.1 Å². The second-order valence-electron chi connectivity index (χ2n) is 8.46. The fourth-order valence-electron chi connectivity index (χ4n) is 4.30. The number of carbonyl (C=O) groups is 1. The van der Waals surface area contributed by atoms with Gasteiger partial charge in [0.1, 0.15) is 12.3 Å². The van der Waals surface area contributed by atoms with Gasteiger partial charge in [-0.2, -0.15) is 0 Å². The van der Waals surface area contributed by atoms with E-state index in [0.717, 1.165) is 30.4 Å². The maximum atomic E-state index is 13.6. The SMILES string of the molecule is CCOc1ccc(S(=O)(=O)N(CC(=O)N[C@H]2CCCc3ccccc32)c2ccc(C)cc2)cc1. The Bertz CT molecular complexity index is 1240. The molecule has 178 valence electrons. The van der Waals surface area contributed by atoms with Crippen LogP contribution in [0, 0.1) is 6.92 Å². The van der Waals surface area contributed by atoms with Crippen molar-refractivity contribution in [3.8, 4) is 5.75 Å². The Labute approximate surface area is 201 Å². The minimum absolute atomic E-state index is 0.104. The van der Waals surface area contributed by atoms with E-state index in [4.69, 9.17) is 4.74 Å². The molecule has 4 rings (SSSR count). The monoisotopic (exact) mass is 478 g/mol. The van der Waals surface area contributed by atoms with Gasteiger partial charge in [-0.15, -0.1) is 0 Å². The molecule has 6 nitrogen and oxygen atoms in total. The molecular weight excluding hydrogens is 448 g/mol. The number of carbonyl (C=O) groups excluding carboxylic acids is 1. The highest BCUT2D eigenvalue weighted by molar-refractivity contribution is 7.92. The lowest BCUT2D eigenvalue weighted by Crippen LogP contribution is -2.42. The number of rotatable bonds is 8. The molecule has 1 N–H and O–H groups in total.